The van der Waals surface area contributed by atoms with Gasteiger partial charge in [-0.3, -0.25) is 4.99 Å². The molecular weight excluding hydrogens is 174 g/mol. The topological polar surface area (TPSA) is 32.6 Å². The van der Waals surface area contributed by atoms with Crippen LogP contribution in [0.15, 0.2) is 29.3 Å². The highest BCUT2D eigenvalue weighted by atomic mass is 16.3. The van der Waals surface area contributed by atoms with E-state index in [1.54, 1.807) is 13.1 Å². The quantitative estimate of drug-likeness (QED) is 0.713. The Bertz CT molecular complexity index is 378. The highest BCUT2D eigenvalue weighted by Gasteiger charge is 1.98. The van der Waals surface area contributed by atoms with Gasteiger partial charge in [-0.1, -0.05) is 18.2 Å². The lowest BCUT2D eigenvalue weighted by molar-refractivity contribution is 0.471. The number of aromatic hydroxyl groups is 1. The molecule has 1 rings (SSSR count). The summed E-state index contributed by atoms with van der Waals surface area (Å²) in [7, 11) is 1.76. The largest absolute Gasteiger partial charge is 0.508 e. The van der Waals surface area contributed by atoms with Crippen LogP contribution in [0.4, 0.5) is 0 Å². The summed E-state index contributed by atoms with van der Waals surface area (Å²) in [6, 6.07) is 5.49. The van der Waals surface area contributed by atoms with Gasteiger partial charge in [-0.2, -0.15) is 0 Å². The van der Waals surface area contributed by atoms with Gasteiger partial charge in [-0.25, -0.2) is 0 Å². The van der Waals surface area contributed by atoms with Crippen LogP contribution in [0, 0.1) is 6.92 Å². The molecule has 0 spiro atoms. The number of hydrogen-bond acceptors (Lipinski definition) is 2. The molecule has 0 saturated carbocycles. The first kappa shape index (κ1) is 10.5. The summed E-state index contributed by atoms with van der Waals surface area (Å²) in [4.78, 5) is 4.02. The van der Waals surface area contributed by atoms with Crippen LogP contribution in [-0.4, -0.2) is 17.9 Å². The third-order valence-corrected chi connectivity index (χ3v) is 2.20. The van der Waals surface area contributed by atoms with Crippen molar-refractivity contribution in [1.29, 1.82) is 0 Å². The number of aliphatic imine (C=N–C) groups is 1. The maximum atomic E-state index is 9.46. The molecule has 0 unspecified atom stereocenters. The van der Waals surface area contributed by atoms with Crippen molar-refractivity contribution in [3.05, 3.63) is 35.4 Å². The zero-order valence-corrected chi connectivity index (χ0v) is 8.78. The molecule has 0 heterocycles. The van der Waals surface area contributed by atoms with Gasteiger partial charge in [0.05, 0.1) is 0 Å². The molecule has 14 heavy (non-hydrogen) atoms. The molecule has 0 aliphatic rings. The van der Waals surface area contributed by atoms with Crippen molar-refractivity contribution in [2.75, 3.05) is 7.05 Å². The van der Waals surface area contributed by atoms with E-state index in [9.17, 15) is 5.11 Å². The predicted molar refractivity (Wildman–Crippen MR) is 60.9 cm³/mol. The first-order valence-electron chi connectivity index (χ1n) is 4.55. The first-order valence-corrected chi connectivity index (χ1v) is 4.55. The van der Waals surface area contributed by atoms with E-state index < -0.39 is 0 Å². The van der Waals surface area contributed by atoms with Crippen molar-refractivity contribution in [2.45, 2.75) is 13.8 Å². The molecule has 0 amide bonds. The van der Waals surface area contributed by atoms with Gasteiger partial charge >= 0.3 is 0 Å². The minimum absolute atomic E-state index is 0.332. The van der Waals surface area contributed by atoms with E-state index in [1.807, 2.05) is 38.1 Å². The number of nitrogens with zero attached hydrogens (tertiary/aromatic N) is 1. The van der Waals surface area contributed by atoms with Gasteiger partial charge in [0.15, 0.2) is 0 Å². The van der Waals surface area contributed by atoms with Gasteiger partial charge in [0.2, 0.25) is 0 Å². The summed E-state index contributed by atoms with van der Waals surface area (Å²) < 4.78 is 0. The summed E-state index contributed by atoms with van der Waals surface area (Å²) in [6.45, 7) is 3.84. The fourth-order valence-electron chi connectivity index (χ4n) is 1.11. The molecule has 0 fully saturated rings. The van der Waals surface area contributed by atoms with Gasteiger partial charge in [-0.15, -0.1) is 0 Å². The van der Waals surface area contributed by atoms with Crippen LogP contribution < -0.4 is 0 Å². The number of rotatable bonds is 2. The normalized spacial score (nSPS) is 12.4. The van der Waals surface area contributed by atoms with Gasteiger partial charge in [0, 0.05) is 12.8 Å². The van der Waals surface area contributed by atoms with E-state index in [1.165, 1.54) is 0 Å². The summed E-state index contributed by atoms with van der Waals surface area (Å²) in [6.07, 6.45) is 3.89. The Morgan fingerprint density at radius 1 is 1.43 bits per heavy atom. The minimum atomic E-state index is 0.332. The average Bonchev–Trinajstić information content (AvgIpc) is 2.20. The van der Waals surface area contributed by atoms with Crippen LogP contribution >= 0.6 is 0 Å². The Morgan fingerprint density at radius 2 is 2.14 bits per heavy atom. The molecule has 0 saturated heterocycles. The first-order chi connectivity index (χ1) is 6.65. The zero-order valence-electron chi connectivity index (χ0n) is 8.78. The van der Waals surface area contributed by atoms with E-state index in [4.69, 9.17) is 0 Å². The van der Waals surface area contributed by atoms with Crippen LogP contribution in [-0.2, 0) is 0 Å². The van der Waals surface area contributed by atoms with Gasteiger partial charge in [0.25, 0.3) is 0 Å². The minimum Gasteiger partial charge on any atom is -0.508 e. The van der Waals surface area contributed by atoms with Crippen LogP contribution in [0.5, 0.6) is 5.75 Å². The molecular formula is C12H15NO. The van der Waals surface area contributed by atoms with Crippen molar-refractivity contribution in [3.8, 4) is 5.75 Å². The van der Waals surface area contributed by atoms with Crippen LogP contribution in [0.3, 0.4) is 0 Å². The third-order valence-electron chi connectivity index (χ3n) is 2.20. The number of phenols is 1. The Hall–Kier alpha value is -1.57. The van der Waals surface area contributed by atoms with Crippen molar-refractivity contribution < 1.29 is 5.11 Å². The molecule has 1 N–H and O–H groups in total. The van der Waals surface area contributed by atoms with Crippen LogP contribution in [0.1, 0.15) is 18.1 Å². The van der Waals surface area contributed by atoms with E-state index in [0.29, 0.717) is 5.75 Å². The highest BCUT2D eigenvalue weighted by Crippen LogP contribution is 2.20. The summed E-state index contributed by atoms with van der Waals surface area (Å²) >= 11 is 0. The number of phenolic OH excluding ortho intramolecular Hbond substituents is 1. The van der Waals surface area contributed by atoms with Crippen molar-refractivity contribution >= 4 is 11.8 Å². The lowest BCUT2D eigenvalue weighted by Gasteiger charge is -2.01. The van der Waals surface area contributed by atoms with Crippen LogP contribution in [0.2, 0.25) is 0 Å². The van der Waals surface area contributed by atoms with Crippen molar-refractivity contribution in [3.63, 3.8) is 0 Å². The summed E-state index contributed by atoms with van der Waals surface area (Å²) in [5.74, 6) is 0.332. The molecule has 0 aliphatic heterocycles. The average molecular weight is 189 g/mol. The molecule has 2 nitrogen and oxygen atoms in total. The lowest BCUT2D eigenvalue weighted by Crippen LogP contribution is -1.85. The Labute approximate surface area is 84.6 Å². The Morgan fingerprint density at radius 3 is 2.79 bits per heavy atom. The predicted octanol–water partition coefficient (Wildman–Crippen LogP) is 2.80. The summed E-state index contributed by atoms with van der Waals surface area (Å²) in [5, 5.41) is 9.46. The van der Waals surface area contributed by atoms with E-state index in [-0.39, 0.29) is 0 Å². The maximum absolute atomic E-state index is 9.46. The fourth-order valence-corrected chi connectivity index (χ4v) is 1.11. The second kappa shape index (κ2) is 4.61. The number of benzene rings is 1. The molecule has 0 aromatic heterocycles. The van der Waals surface area contributed by atoms with Gasteiger partial charge in [0.1, 0.15) is 5.75 Å². The Balaban J connectivity index is 2.98. The van der Waals surface area contributed by atoms with Gasteiger partial charge < -0.3 is 5.11 Å². The SMILES string of the molecule is C/N=C(C)/C=C\c1cccc(O)c1C. The van der Waals surface area contributed by atoms with Crippen LogP contribution in [0.25, 0.3) is 6.08 Å². The molecule has 1 aromatic rings. The van der Waals surface area contributed by atoms with Crippen molar-refractivity contribution in [2.24, 2.45) is 4.99 Å². The molecule has 0 aliphatic carbocycles. The second-order valence-corrected chi connectivity index (χ2v) is 3.19. The summed E-state index contributed by atoms with van der Waals surface area (Å²) in [5.41, 5.74) is 2.88. The standard InChI is InChI=1S/C12H15NO/c1-9(13-3)7-8-11-5-4-6-12(14)10(11)2/h4-8,14H,1-3H3/b8-7-,13-9+. The molecule has 1 aromatic carbocycles. The second-order valence-electron chi connectivity index (χ2n) is 3.19. The van der Waals surface area contributed by atoms with E-state index >= 15 is 0 Å². The molecule has 0 atom stereocenters. The zero-order chi connectivity index (χ0) is 10.6. The third kappa shape index (κ3) is 2.46. The van der Waals surface area contributed by atoms with Gasteiger partial charge in [-0.05, 0) is 37.1 Å². The van der Waals surface area contributed by atoms with E-state index in [2.05, 4.69) is 4.99 Å². The number of allylic oxidation sites excluding steroid dienone is 1. The molecule has 0 radical (unpaired) electrons. The number of hydrogen-bond donors (Lipinski definition) is 1. The smallest absolute Gasteiger partial charge is 0.119 e. The maximum Gasteiger partial charge on any atom is 0.119 e. The monoisotopic (exact) mass is 189 g/mol. The molecule has 0 bridgehead atoms. The lowest BCUT2D eigenvalue weighted by atomic mass is 10.1. The van der Waals surface area contributed by atoms with E-state index in [0.717, 1.165) is 16.8 Å². The van der Waals surface area contributed by atoms with Crippen molar-refractivity contribution in [1.82, 2.24) is 0 Å². The molecule has 2 heteroatoms. The Kier molecular flexibility index (Phi) is 3.46. The molecule has 74 valence electrons. The highest BCUT2D eigenvalue weighted by molar-refractivity contribution is 5.96. The fraction of sp³-hybridized carbons (Fsp3) is 0.250.